The summed E-state index contributed by atoms with van der Waals surface area (Å²) in [6.07, 6.45) is -0.387. The van der Waals surface area contributed by atoms with Crippen LogP contribution in [0.25, 0.3) is 0 Å². The van der Waals surface area contributed by atoms with Crippen LogP contribution in [0.1, 0.15) is 27.7 Å². The van der Waals surface area contributed by atoms with Gasteiger partial charge in [0.15, 0.2) is 0 Å². The number of carbonyl (C=O) groups excluding carboxylic acids is 1. The average Bonchev–Trinajstić information content (AvgIpc) is 1.83. The third kappa shape index (κ3) is 10.4. The van der Waals surface area contributed by atoms with Gasteiger partial charge in [-0.3, -0.25) is 0 Å². The molecule has 1 amide bonds. The molecule has 0 aromatic rings. The fourth-order valence-corrected chi connectivity index (χ4v) is 0.442. The summed E-state index contributed by atoms with van der Waals surface area (Å²) < 4.78 is 4.87. The molecule has 0 saturated carbocycles. The second-order valence-corrected chi connectivity index (χ2v) is 3.57. The van der Waals surface area contributed by atoms with Crippen LogP contribution in [0.5, 0.6) is 0 Å². The van der Waals surface area contributed by atoms with Gasteiger partial charge in [0.1, 0.15) is 0 Å². The predicted octanol–water partition coefficient (Wildman–Crippen LogP) is 1.94. The summed E-state index contributed by atoms with van der Waals surface area (Å²) >= 11 is 0. The topological polar surface area (TPSA) is 38.3 Å². The summed E-state index contributed by atoms with van der Waals surface area (Å²) in [6, 6.07) is 0. The van der Waals surface area contributed by atoms with Gasteiger partial charge in [-0.05, 0) is 5.41 Å². The van der Waals surface area contributed by atoms with Crippen LogP contribution in [-0.4, -0.2) is 12.7 Å². The maximum atomic E-state index is 10.7. The second-order valence-electron chi connectivity index (χ2n) is 3.57. The largest absolute Gasteiger partial charge is 0.471 e. The Hall–Kier alpha value is 0.374. The molecule has 3 nitrogen and oxygen atoms in total. The van der Waals surface area contributed by atoms with Crippen LogP contribution in [0, 0.1) is 12.0 Å². The van der Waals surface area contributed by atoms with Crippen molar-refractivity contribution in [3.05, 3.63) is 6.54 Å². The quantitative estimate of drug-likeness (QED) is 0.757. The minimum absolute atomic E-state index is 0. The molecule has 4 heteroatoms. The van der Waals surface area contributed by atoms with Crippen molar-refractivity contribution >= 4 is 6.09 Å². The number of hydrogen-bond acceptors (Lipinski definition) is 2. The van der Waals surface area contributed by atoms with E-state index in [0.29, 0.717) is 6.61 Å². The monoisotopic (exact) mass is 247 g/mol. The molecule has 12 heavy (non-hydrogen) atoms. The average molecular weight is 247 g/mol. The number of alkyl carbamates (subject to hydrolysis) is 1. The van der Waals surface area contributed by atoms with Crippen molar-refractivity contribution in [3.63, 3.8) is 0 Å². The molecule has 0 saturated heterocycles. The Labute approximate surface area is 99.5 Å². The van der Waals surface area contributed by atoms with Crippen LogP contribution < -0.4 is 5.32 Å². The van der Waals surface area contributed by atoms with E-state index in [-0.39, 0.29) is 44.2 Å². The Kier molecular flexibility index (Phi) is 8.48. The van der Waals surface area contributed by atoms with E-state index < -0.39 is 0 Å². The molecule has 0 heterocycles. The molecular weight excluding hydrogens is 231 g/mol. The van der Waals surface area contributed by atoms with Crippen molar-refractivity contribution in [1.29, 1.82) is 0 Å². The smallest absolute Gasteiger partial charge is 0.377 e. The van der Waals surface area contributed by atoms with Crippen LogP contribution >= 0.6 is 0 Å². The number of ether oxygens (including phenoxy) is 1. The first kappa shape index (κ1) is 14.9. The third-order valence-electron chi connectivity index (χ3n) is 0.898. The Morgan fingerprint density at radius 3 is 2.33 bits per heavy atom. The van der Waals surface area contributed by atoms with Crippen LogP contribution in [0.3, 0.4) is 0 Å². The molecule has 0 aliphatic rings. The molecular formula is C8H16NO2Y-. The molecule has 0 aromatic heterocycles. The fourth-order valence-electron chi connectivity index (χ4n) is 0.442. The molecule has 1 N–H and O–H groups in total. The molecule has 0 bridgehead atoms. The maximum Gasteiger partial charge on any atom is 0.377 e. The van der Waals surface area contributed by atoms with Crippen molar-refractivity contribution in [2.24, 2.45) is 5.41 Å². The third-order valence-corrected chi connectivity index (χ3v) is 0.898. The first-order valence-electron chi connectivity index (χ1n) is 3.67. The van der Waals surface area contributed by atoms with E-state index in [0.717, 1.165) is 0 Å². The molecule has 0 spiro atoms. The van der Waals surface area contributed by atoms with Gasteiger partial charge in [0.2, 0.25) is 0 Å². The van der Waals surface area contributed by atoms with Crippen molar-refractivity contribution in [2.45, 2.75) is 27.7 Å². The molecule has 0 aromatic carbocycles. The molecule has 69 valence electrons. The van der Waals surface area contributed by atoms with Crippen LogP contribution in [0.4, 0.5) is 4.79 Å². The first-order chi connectivity index (χ1) is 4.95. The van der Waals surface area contributed by atoms with Gasteiger partial charge in [-0.15, -0.1) is 0 Å². The van der Waals surface area contributed by atoms with Gasteiger partial charge in [0.25, 0.3) is 0 Å². The molecule has 0 fully saturated rings. The molecule has 1 radical (unpaired) electrons. The maximum absolute atomic E-state index is 10.7. The minimum atomic E-state index is -0.387. The second kappa shape index (κ2) is 6.84. The summed E-state index contributed by atoms with van der Waals surface area (Å²) in [5.74, 6) is 0. The zero-order chi connectivity index (χ0) is 8.91. The normalized spacial score (nSPS) is 10.0. The van der Waals surface area contributed by atoms with E-state index in [4.69, 9.17) is 4.74 Å². The standard InChI is InChI=1S/C8H16NO2.Y/c1-5-9-7(10)11-6-8(2,3)4;/h5H,6H2,1-4H3,(H,9,10);/q-1;. The number of hydrogen-bond donors (Lipinski definition) is 1. The van der Waals surface area contributed by atoms with Gasteiger partial charge in [-0.2, -0.15) is 6.92 Å². The number of nitrogens with one attached hydrogen (secondary N) is 1. The Bertz CT molecular complexity index is 132. The molecule has 0 unspecified atom stereocenters. The van der Waals surface area contributed by atoms with E-state index in [1.54, 1.807) is 13.5 Å². The zero-order valence-corrected chi connectivity index (χ0v) is 11.0. The van der Waals surface area contributed by atoms with Crippen molar-refractivity contribution in [2.75, 3.05) is 6.61 Å². The van der Waals surface area contributed by atoms with Gasteiger partial charge >= 0.3 is 6.09 Å². The SMILES string of the molecule is C[CH-]NC(=O)OCC(C)(C)C.[Y]. The van der Waals surface area contributed by atoms with Gasteiger partial charge < -0.3 is 10.1 Å². The van der Waals surface area contributed by atoms with E-state index in [9.17, 15) is 4.79 Å². The van der Waals surface area contributed by atoms with Crippen LogP contribution in [0.15, 0.2) is 0 Å². The summed E-state index contributed by atoms with van der Waals surface area (Å²) in [4.78, 5) is 10.7. The Balaban J connectivity index is 0. The van der Waals surface area contributed by atoms with Gasteiger partial charge in [0.05, 0.1) is 6.61 Å². The van der Waals surface area contributed by atoms with E-state index in [1.807, 2.05) is 20.8 Å². The van der Waals surface area contributed by atoms with Gasteiger partial charge in [-0.1, -0.05) is 20.8 Å². The summed E-state index contributed by atoms with van der Waals surface area (Å²) in [7, 11) is 0. The van der Waals surface area contributed by atoms with Crippen molar-refractivity contribution < 1.29 is 42.2 Å². The van der Waals surface area contributed by atoms with Gasteiger partial charge in [0, 0.05) is 32.7 Å². The summed E-state index contributed by atoms with van der Waals surface area (Å²) in [5.41, 5.74) is 0.0328. The molecule has 0 rings (SSSR count). The summed E-state index contributed by atoms with van der Waals surface area (Å²) in [5, 5.41) is 2.43. The van der Waals surface area contributed by atoms with Crippen molar-refractivity contribution in [3.8, 4) is 0 Å². The van der Waals surface area contributed by atoms with Crippen LogP contribution in [-0.2, 0) is 37.4 Å². The minimum Gasteiger partial charge on any atom is -0.471 e. The fraction of sp³-hybridized carbons (Fsp3) is 0.750. The van der Waals surface area contributed by atoms with E-state index >= 15 is 0 Å². The molecule has 0 atom stereocenters. The van der Waals surface area contributed by atoms with Gasteiger partial charge in [-0.25, -0.2) is 11.3 Å². The number of carbonyl (C=O) groups is 1. The van der Waals surface area contributed by atoms with E-state index in [1.165, 1.54) is 0 Å². The van der Waals surface area contributed by atoms with E-state index in [2.05, 4.69) is 5.32 Å². The Morgan fingerprint density at radius 2 is 2.00 bits per heavy atom. The van der Waals surface area contributed by atoms with Crippen molar-refractivity contribution in [1.82, 2.24) is 5.32 Å². The number of rotatable bonds is 2. The first-order valence-corrected chi connectivity index (χ1v) is 3.67. The predicted molar refractivity (Wildman–Crippen MR) is 43.9 cm³/mol. The molecule has 0 aliphatic heterocycles. The molecule has 0 aliphatic carbocycles. The Morgan fingerprint density at radius 1 is 1.50 bits per heavy atom. The van der Waals surface area contributed by atoms with Crippen LogP contribution in [0.2, 0.25) is 0 Å². The zero-order valence-electron chi connectivity index (χ0n) is 8.18. The summed E-state index contributed by atoms with van der Waals surface area (Å²) in [6.45, 7) is 9.75. The number of amides is 1.